The lowest BCUT2D eigenvalue weighted by Crippen LogP contribution is -2.51. The third-order valence-corrected chi connectivity index (χ3v) is 4.40. The van der Waals surface area contributed by atoms with Gasteiger partial charge in [0.1, 0.15) is 0 Å². The second-order valence-corrected chi connectivity index (χ2v) is 6.13. The van der Waals surface area contributed by atoms with E-state index in [1.54, 1.807) is 0 Å². The van der Waals surface area contributed by atoms with Gasteiger partial charge in [-0.1, -0.05) is 12.8 Å². The van der Waals surface area contributed by atoms with Crippen LogP contribution in [0.4, 0.5) is 0 Å². The summed E-state index contributed by atoms with van der Waals surface area (Å²) in [6, 6.07) is 1.16. The minimum absolute atomic E-state index is 0.580. The van der Waals surface area contributed by atoms with E-state index in [1.165, 1.54) is 25.7 Å². The van der Waals surface area contributed by atoms with Crippen molar-refractivity contribution in [3.8, 4) is 0 Å². The average molecular weight is 314 g/mol. The molecule has 2 rings (SSSR count). The Hall–Kier alpha value is -0.240. The molecule has 2 atom stereocenters. The van der Waals surface area contributed by atoms with Crippen LogP contribution >= 0.6 is 0 Å². The molecule has 0 aromatic carbocycles. The molecule has 130 valence electrons. The maximum atomic E-state index is 5.67. The Morgan fingerprint density at radius 1 is 0.545 bits per heavy atom. The molecule has 0 spiro atoms. The quantitative estimate of drug-likeness (QED) is 0.492. The second-order valence-electron chi connectivity index (χ2n) is 6.13. The molecule has 0 radical (unpaired) electrons. The van der Waals surface area contributed by atoms with Gasteiger partial charge in [-0.25, -0.2) is 0 Å². The van der Waals surface area contributed by atoms with Crippen molar-refractivity contribution in [2.24, 2.45) is 0 Å². The van der Waals surface area contributed by atoms with E-state index in [2.05, 4.69) is 21.3 Å². The van der Waals surface area contributed by atoms with Crippen LogP contribution in [0.15, 0.2) is 0 Å². The predicted molar refractivity (Wildman–Crippen MR) is 89.4 cm³/mol. The Balaban J connectivity index is 1.69. The molecule has 0 bridgehead atoms. The molecule has 2 aliphatic rings. The van der Waals surface area contributed by atoms with Crippen LogP contribution in [0.25, 0.3) is 0 Å². The molecule has 0 unspecified atom stereocenters. The van der Waals surface area contributed by atoms with Crippen molar-refractivity contribution in [3.05, 3.63) is 0 Å². The van der Waals surface area contributed by atoms with E-state index in [4.69, 9.17) is 9.47 Å². The third kappa shape index (κ3) is 7.85. The highest BCUT2D eigenvalue weighted by molar-refractivity contribution is 4.86. The zero-order valence-corrected chi connectivity index (χ0v) is 13.9. The normalized spacial score (nSPS) is 31.6. The molecule has 0 amide bonds. The maximum absolute atomic E-state index is 5.67. The molecule has 1 aliphatic heterocycles. The zero-order chi connectivity index (χ0) is 15.3. The molecule has 22 heavy (non-hydrogen) atoms. The first kappa shape index (κ1) is 18.1. The van der Waals surface area contributed by atoms with Crippen LogP contribution in [-0.2, 0) is 9.47 Å². The summed E-state index contributed by atoms with van der Waals surface area (Å²) in [5.41, 5.74) is 0. The monoisotopic (exact) mass is 314 g/mol. The average Bonchev–Trinajstić information content (AvgIpc) is 2.55. The topological polar surface area (TPSA) is 66.6 Å². The van der Waals surface area contributed by atoms with E-state index in [0.29, 0.717) is 12.1 Å². The van der Waals surface area contributed by atoms with E-state index in [0.717, 1.165) is 65.7 Å². The van der Waals surface area contributed by atoms with Crippen LogP contribution in [0.5, 0.6) is 0 Å². The van der Waals surface area contributed by atoms with Crippen LogP contribution < -0.4 is 21.3 Å². The van der Waals surface area contributed by atoms with E-state index in [9.17, 15) is 0 Å². The van der Waals surface area contributed by atoms with Crippen LogP contribution in [0.3, 0.4) is 0 Å². The lowest BCUT2D eigenvalue weighted by atomic mass is 9.90. The van der Waals surface area contributed by atoms with Crippen LogP contribution in [0.1, 0.15) is 25.7 Å². The van der Waals surface area contributed by atoms with Crippen molar-refractivity contribution in [3.63, 3.8) is 0 Å². The summed E-state index contributed by atoms with van der Waals surface area (Å²) in [6.07, 6.45) is 5.21. The summed E-state index contributed by atoms with van der Waals surface area (Å²) in [4.78, 5) is 0. The van der Waals surface area contributed by atoms with Crippen molar-refractivity contribution in [2.75, 3.05) is 65.7 Å². The molecular formula is C16H34N4O2. The Bertz CT molecular complexity index is 243. The maximum Gasteiger partial charge on any atom is 0.0591 e. The van der Waals surface area contributed by atoms with Crippen molar-refractivity contribution in [1.29, 1.82) is 0 Å². The van der Waals surface area contributed by atoms with Crippen molar-refractivity contribution >= 4 is 0 Å². The summed E-state index contributed by atoms with van der Waals surface area (Å²) >= 11 is 0. The molecule has 1 saturated heterocycles. The lowest BCUT2D eigenvalue weighted by Gasteiger charge is -2.33. The van der Waals surface area contributed by atoms with Crippen LogP contribution in [0, 0.1) is 0 Å². The molecule has 1 heterocycles. The fourth-order valence-corrected chi connectivity index (χ4v) is 3.17. The van der Waals surface area contributed by atoms with Gasteiger partial charge in [-0.05, 0) is 12.8 Å². The Kier molecular flexibility index (Phi) is 10.1. The number of ether oxygens (including phenoxy) is 2. The lowest BCUT2D eigenvalue weighted by molar-refractivity contribution is 0.122. The van der Waals surface area contributed by atoms with Crippen molar-refractivity contribution in [1.82, 2.24) is 21.3 Å². The smallest absolute Gasteiger partial charge is 0.0591 e. The number of hydrogen-bond acceptors (Lipinski definition) is 6. The first-order chi connectivity index (χ1) is 11.0. The molecule has 6 nitrogen and oxygen atoms in total. The molecular weight excluding hydrogens is 280 g/mol. The number of nitrogens with one attached hydrogen (secondary N) is 4. The minimum Gasteiger partial charge on any atom is -0.379 e. The first-order valence-corrected chi connectivity index (χ1v) is 9.00. The number of fused-ring (bicyclic) bond motifs is 1. The highest BCUT2D eigenvalue weighted by Gasteiger charge is 2.23. The van der Waals surface area contributed by atoms with E-state index >= 15 is 0 Å². The Morgan fingerprint density at radius 3 is 1.50 bits per heavy atom. The van der Waals surface area contributed by atoms with Gasteiger partial charge in [-0.2, -0.15) is 0 Å². The summed E-state index contributed by atoms with van der Waals surface area (Å²) in [5, 5.41) is 14.1. The summed E-state index contributed by atoms with van der Waals surface area (Å²) in [5.74, 6) is 0. The van der Waals surface area contributed by atoms with Gasteiger partial charge in [0, 0.05) is 51.4 Å². The molecule has 0 aromatic rings. The van der Waals surface area contributed by atoms with Gasteiger partial charge in [0.2, 0.25) is 0 Å². The standard InChI is InChI=1S/C16H34N4O2/c1-2-4-16-15(3-1)19-9-13-21-11-7-17-5-6-18-8-12-22-14-10-20-16/h15-20H,1-14H2/t15-,16-/m1/s1. The van der Waals surface area contributed by atoms with Gasteiger partial charge < -0.3 is 30.7 Å². The Morgan fingerprint density at radius 2 is 1.00 bits per heavy atom. The van der Waals surface area contributed by atoms with Gasteiger partial charge in [-0.15, -0.1) is 0 Å². The molecule has 2 fully saturated rings. The van der Waals surface area contributed by atoms with Crippen LogP contribution in [0.2, 0.25) is 0 Å². The first-order valence-electron chi connectivity index (χ1n) is 9.00. The zero-order valence-electron chi connectivity index (χ0n) is 13.9. The van der Waals surface area contributed by atoms with Gasteiger partial charge in [0.15, 0.2) is 0 Å². The number of rotatable bonds is 0. The van der Waals surface area contributed by atoms with Crippen molar-refractivity contribution < 1.29 is 9.47 Å². The molecule has 1 aliphatic carbocycles. The third-order valence-electron chi connectivity index (χ3n) is 4.40. The van der Waals surface area contributed by atoms with Gasteiger partial charge in [0.25, 0.3) is 0 Å². The largest absolute Gasteiger partial charge is 0.379 e. The predicted octanol–water partition coefficient (Wildman–Crippen LogP) is -0.297. The van der Waals surface area contributed by atoms with E-state index < -0.39 is 0 Å². The minimum atomic E-state index is 0.580. The van der Waals surface area contributed by atoms with E-state index in [-0.39, 0.29) is 0 Å². The molecule has 0 aromatic heterocycles. The number of hydrogen-bond donors (Lipinski definition) is 4. The van der Waals surface area contributed by atoms with Gasteiger partial charge in [-0.3, -0.25) is 0 Å². The summed E-state index contributed by atoms with van der Waals surface area (Å²) in [7, 11) is 0. The van der Waals surface area contributed by atoms with Gasteiger partial charge in [0.05, 0.1) is 26.4 Å². The highest BCUT2D eigenvalue weighted by Crippen LogP contribution is 2.18. The second kappa shape index (κ2) is 12.2. The fraction of sp³-hybridized carbons (Fsp3) is 1.00. The molecule has 6 heteroatoms. The SMILES string of the molecule is C1CC[C@H]2NCCOCCNCCNCCOCCN[C@@H]2C1. The molecule has 4 N–H and O–H groups in total. The van der Waals surface area contributed by atoms with Gasteiger partial charge >= 0.3 is 0 Å². The summed E-state index contributed by atoms with van der Waals surface area (Å²) in [6.45, 7) is 8.87. The summed E-state index contributed by atoms with van der Waals surface area (Å²) < 4.78 is 11.3. The van der Waals surface area contributed by atoms with Crippen molar-refractivity contribution in [2.45, 2.75) is 37.8 Å². The highest BCUT2D eigenvalue weighted by atomic mass is 16.5. The van der Waals surface area contributed by atoms with Crippen LogP contribution in [-0.4, -0.2) is 77.8 Å². The Labute approximate surface area is 135 Å². The fourth-order valence-electron chi connectivity index (χ4n) is 3.17. The molecule has 1 saturated carbocycles. The van der Waals surface area contributed by atoms with E-state index in [1.807, 2.05) is 0 Å².